The third kappa shape index (κ3) is 4.16. The lowest BCUT2D eigenvalue weighted by molar-refractivity contribution is -0.119. The first-order valence-corrected chi connectivity index (χ1v) is 7.96. The molecule has 0 unspecified atom stereocenters. The molecule has 25 heavy (non-hydrogen) atoms. The van der Waals surface area contributed by atoms with Gasteiger partial charge in [-0.15, -0.1) is 0 Å². The lowest BCUT2D eigenvalue weighted by Gasteiger charge is -2.07. The van der Waals surface area contributed by atoms with Gasteiger partial charge in [-0.3, -0.25) is 9.78 Å². The minimum absolute atomic E-state index is 0.00487. The maximum Gasteiger partial charge on any atom is 0.359 e. The summed E-state index contributed by atoms with van der Waals surface area (Å²) in [7, 11) is 0. The van der Waals surface area contributed by atoms with Crippen LogP contribution < -0.4 is 5.32 Å². The first kappa shape index (κ1) is 17.0. The summed E-state index contributed by atoms with van der Waals surface area (Å²) >= 11 is 3.12. The van der Waals surface area contributed by atoms with Crippen LogP contribution in [0.25, 0.3) is 11.0 Å². The number of rotatable bonds is 4. The molecule has 0 saturated heterocycles. The number of aromatic nitrogens is 2. The van der Waals surface area contributed by atoms with E-state index in [2.05, 4.69) is 31.2 Å². The molecule has 1 heterocycles. The highest BCUT2D eigenvalue weighted by Gasteiger charge is 2.14. The summed E-state index contributed by atoms with van der Waals surface area (Å²) in [5, 5.41) is 2.33. The van der Waals surface area contributed by atoms with E-state index in [0.29, 0.717) is 15.5 Å². The number of amides is 1. The minimum Gasteiger partial charge on any atom is -0.451 e. The van der Waals surface area contributed by atoms with Crippen molar-refractivity contribution in [2.75, 3.05) is 11.9 Å². The smallest absolute Gasteiger partial charge is 0.359 e. The molecule has 0 saturated carbocycles. The zero-order valence-electron chi connectivity index (χ0n) is 12.7. The highest BCUT2D eigenvalue weighted by Crippen LogP contribution is 2.19. The summed E-state index contributed by atoms with van der Waals surface area (Å²) in [6.07, 6.45) is 1.27. The van der Waals surface area contributed by atoms with Gasteiger partial charge in [-0.2, -0.15) is 0 Å². The SMILES string of the molecule is O=C(COC(=O)c1cnc2ccccc2n1)Nc1ccc(Br)cc1F. The van der Waals surface area contributed by atoms with Crippen LogP contribution in [0.1, 0.15) is 10.5 Å². The van der Waals surface area contributed by atoms with Crippen molar-refractivity contribution in [2.24, 2.45) is 0 Å². The molecule has 0 aliphatic carbocycles. The van der Waals surface area contributed by atoms with E-state index in [1.165, 1.54) is 18.3 Å². The second-order valence-corrected chi connectivity index (χ2v) is 5.91. The molecule has 0 atom stereocenters. The highest BCUT2D eigenvalue weighted by molar-refractivity contribution is 9.10. The van der Waals surface area contributed by atoms with Crippen LogP contribution in [0.2, 0.25) is 0 Å². The maximum absolute atomic E-state index is 13.7. The lowest BCUT2D eigenvalue weighted by Crippen LogP contribution is -2.22. The van der Waals surface area contributed by atoms with Gasteiger partial charge in [0.1, 0.15) is 5.82 Å². The van der Waals surface area contributed by atoms with Crippen LogP contribution in [-0.2, 0) is 9.53 Å². The molecule has 126 valence electrons. The lowest BCUT2D eigenvalue weighted by atomic mass is 10.3. The van der Waals surface area contributed by atoms with Gasteiger partial charge in [-0.05, 0) is 30.3 Å². The fourth-order valence-corrected chi connectivity index (χ4v) is 2.37. The van der Waals surface area contributed by atoms with Crippen LogP contribution in [0.3, 0.4) is 0 Å². The van der Waals surface area contributed by atoms with Gasteiger partial charge in [0, 0.05) is 4.47 Å². The van der Waals surface area contributed by atoms with E-state index in [9.17, 15) is 14.0 Å². The van der Waals surface area contributed by atoms with E-state index >= 15 is 0 Å². The van der Waals surface area contributed by atoms with Crippen LogP contribution in [0.15, 0.2) is 53.1 Å². The second kappa shape index (κ2) is 7.35. The van der Waals surface area contributed by atoms with Crippen LogP contribution >= 0.6 is 15.9 Å². The van der Waals surface area contributed by atoms with Crippen molar-refractivity contribution >= 4 is 44.5 Å². The normalized spacial score (nSPS) is 10.5. The molecule has 3 aromatic rings. The van der Waals surface area contributed by atoms with Crippen molar-refractivity contribution in [3.63, 3.8) is 0 Å². The van der Waals surface area contributed by atoms with Gasteiger partial charge >= 0.3 is 5.97 Å². The standard InChI is InChI=1S/C17H11BrFN3O3/c18-10-5-6-12(11(19)7-10)22-16(23)9-25-17(24)15-8-20-13-3-1-2-4-14(13)21-15/h1-8H,9H2,(H,22,23). The molecule has 0 radical (unpaired) electrons. The summed E-state index contributed by atoms with van der Waals surface area (Å²) in [4.78, 5) is 32.0. The van der Waals surface area contributed by atoms with Crippen molar-refractivity contribution in [2.45, 2.75) is 0 Å². The first-order valence-electron chi connectivity index (χ1n) is 7.17. The fourth-order valence-electron chi connectivity index (χ4n) is 2.04. The molecule has 0 fully saturated rings. The largest absolute Gasteiger partial charge is 0.451 e. The molecule has 1 amide bonds. The number of ether oxygens (including phenoxy) is 1. The van der Waals surface area contributed by atoms with E-state index < -0.39 is 24.3 Å². The number of hydrogen-bond acceptors (Lipinski definition) is 5. The summed E-state index contributed by atoms with van der Waals surface area (Å²) < 4.78 is 19.1. The minimum atomic E-state index is -0.787. The molecule has 6 nitrogen and oxygen atoms in total. The molecule has 3 rings (SSSR count). The average molecular weight is 404 g/mol. The van der Waals surface area contributed by atoms with Crippen LogP contribution in [0.4, 0.5) is 10.1 Å². The Bertz CT molecular complexity index is 965. The third-order valence-corrected chi connectivity index (χ3v) is 3.69. The van der Waals surface area contributed by atoms with Gasteiger partial charge in [-0.25, -0.2) is 14.2 Å². The zero-order valence-corrected chi connectivity index (χ0v) is 14.3. The topological polar surface area (TPSA) is 81.2 Å². The van der Waals surface area contributed by atoms with Crippen molar-refractivity contribution < 1.29 is 18.7 Å². The molecule has 8 heteroatoms. The number of halogens is 2. The second-order valence-electron chi connectivity index (χ2n) is 4.99. The van der Waals surface area contributed by atoms with Crippen molar-refractivity contribution in [3.8, 4) is 0 Å². The van der Waals surface area contributed by atoms with Gasteiger partial charge in [0.15, 0.2) is 12.3 Å². The van der Waals surface area contributed by atoms with Gasteiger partial charge in [-0.1, -0.05) is 28.1 Å². The number of nitrogens with zero attached hydrogens (tertiary/aromatic N) is 2. The summed E-state index contributed by atoms with van der Waals surface area (Å²) in [5.74, 6) is -2.05. The van der Waals surface area contributed by atoms with Crippen molar-refractivity contribution in [1.82, 2.24) is 9.97 Å². The van der Waals surface area contributed by atoms with E-state index in [4.69, 9.17) is 4.74 Å². The molecule has 1 aromatic heterocycles. The Balaban J connectivity index is 1.61. The Hall–Kier alpha value is -2.87. The van der Waals surface area contributed by atoms with Gasteiger partial charge in [0.05, 0.1) is 22.9 Å². The Morgan fingerprint density at radius 3 is 2.68 bits per heavy atom. The molecule has 0 bridgehead atoms. The number of carbonyl (C=O) groups excluding carboxylic acids is 2. The monoisotopic (exact) mass is 403 g/mol. The van der Waals surface area contributed by atoms with Crippen molar-refractivity contribution in [1.29, 1.82) is 0 Å². The number of carbonyl (C=O) groups is 2. The summed E-state index contributed by atoms with van der Waals surface area (Å²) in [5.41, 5.74) is 1.16. The van der Waals surface area contributed by atoms with Gasteiger partial charge < -0.3 is 10.1 Å². The van der Waals surface area contributed by atoms with E-state index in [0.717, 1.165) is 0 Å². The number of nitrogens with one attached hydrogen (secondary N) is 1. The Morgan fingerprint density at radius 1 is 1.16 bits per heavy atom. The van der Waals surface area contributed by atoms with E-state index in [1.807, 2.05) is 0 Å². The number of para-hydroxylation sites is 2. The van der Waals surface area contributed by atoms with Crippen LogP contribution in [0, 0.1) is 5.82 Å². The van der Waals surface area contributed by atoms with Crippen molar-refractivity contribution in [3.05, 3.63) is 64.6 Å². The quantitative estimate of drug-likeness (QED) is 0.675. The number of fused-ring (bicyclic) bond motifs is 1. The maximum atomic E-state index is 13.7. The molecule has 1 N–H and O–H groups in total. The average Bonchev–Trinajstić information content (AvgIpc) is 2.61. The van der Waals surface area contributed by atoms with E-state index in [1.54, 1.807) is 30.3 Å². The predicted octanol–water partition coefficient (Wildman–Crippen LogP) is 3.33. The van der Waals surface area contributed by atoms with Crippen LogP contribution in [-0.4, -0.2) is 28.5 Å². The molecular formula is C17H11BrFN3O3. The first-order chi connectivity index (χ1) is 12.0. The molecular weight excluding hydrogens is 393 g/mol. The van der Waals surface area contributed by atoms with Gasteiger partial charge in [0.25, 0.3) is 5.91 Å². The Kier molecular flexibility index (Phi) is 4.99. The highest BCUT2D eigenvalue weighted by atomic mass is 79.9. The molecule has 0 spiro atoms. The Morgan fingerprint density at radius 2 is 1.92 bits per heavy atom. The van der Waals surface area contributed by atoms with E-state index in [-0.39, 0.29) is 11.4 Å². The molecule has 2 aromatic carbocycles. The number of anilines is 1. The molecule has 0 aliphatic heterocycles. The van der Waals surface area contributed by atoms with Gasteiger partial charge in [0.2, 0.25) is 0 Å². The fraction of sp³-hybridized carbons (Fsp3) is 0.0588. The summed E-state index contributed by atoms with van der Waals surface area (Å²) in [6.45, 7) is -0.567. The predicted molar refractivity (Wildman–Crippen MR) is 92.6 cm³/mol. The Labute approximate surface area is 150 Å². The number of hydrogen-bond donors (Lipinski definition) is 1. The zero-order chi connectivity index (χ0) is 17.8. The molecule has 0 aliphatic rings. The number of benzene rings is 2. The number of esters is 1. The van der Waals surface area contributed by atoms with Crippen LogP contribution in [0.5, 0.6) is 0 Å². The summed E-state index contributed by atoms with van der Waals surface area (Å²) in [6, 6.07) is 11.2. The third-order valence-electron chi connectivity index (χ3n) is 3.20.